The van der Waals surface area contributed by atoms with Crippen molar-refractivity contribution in [2.45, 2.75) is 52.4 Å². The predicted octanol–water partition coefficient (Wildman–Crippen LogP) is 5.81. The third kappa shape index (κ3) is 5.91. The van der Waals surface area contributed by atoms with Crippen LogP contribution in [0.1, 0.15) is 59.3 Å². The van der Waals surface area contributed by atoms with Gasteiger partial charge in [0.1, 0.15) is 11.3 Å². The summed E-state index contributed by atoms with van der Waals surface area (Å²) in [7, 11) is 0. The van der Waals surface area contributed by atoms with Gasteiger partial charge in [-0.2, -0.15) is 5.10 Å². The number of rotatable bonds is 9. The summed E-state index contributed by atoms with van der Waals surface area (Å²) in [6, 6.07) is 15.8. The average molecular weight is 551 g/mol. The highest BCUT2D eigenvalue weighted by atomic mass is 16.7. The van der Waals surface area contributed by atoms with Gasteiger partial charge in [0.05, 0.1) is 41.9 Å². The maximum atomic E-state index is 13.5. The molecule has 210 valence electrons. The molecule has 0 radical (unpaired) electrons. The zero-order chi connectivity index (χ0) is 28.2. The van der Waals surface area contributed by atoms with Gasteiger partial charge in [-0.3, -0.25) is 18.9 Å². The van der Waals surface area contributed by atoms with Crippen LogP contribution in [0.15, 0.2) is 67.0 Å². The van der Waals surface area contributed by atoms with Gasteiger partial charge in [0.2, 0.25) is 0 Å². The second kappa shape index (κ2) is 12.0. The molecule has 1 amide bonds. The van der Waals surface area contributed by atoms with Gasteiger partial charge in [-0.1, -0.05) is 31.2 Å². The minimum Gasteiger partial charge on any atom is -0.353 e. The van der Waals surface area contributed by atoms with Crippen LogP contribution in [-0.2, 0) is 22.4 Å². The number of hydrogen-bond donors (Lipinski definition) is 1. The Bertz CT molecular complexity index is 1710. The second-order valence-electron chi connectivity index (χ2n) is 10.2. The van der Waals surface area contributed by atoms with Crippen molar-refractivity contribution >= 4 is 34.2 Å². The number of carbonyl (C=O) groups excluding carboxylic acids is 1. The lowest BCUT2D eigenvalue weighted by Crippen LogP contribution is -2.22. The fourth-order valence-corrected chi connectivity index (χ4v) is 5.27. The molecule has 0 aliphatic carbocycles. The molecule has 0 bridgehead atoms. The summed E-state index contributed by atoms with van der Waals surface area (Å²) in [5.41, 5.74) is 6.66. The molecular weight excluding hydrogens is 516 g/mol. The second-order valence-corrected chi connectivity index (χ2v) is 10.2. The number of hydrogen-bond acceptors (Lipinski definition) is 6. The molecule has 5 heterocycles. The van der Waals surface area contributed by atoms with Gasteiger partial charge in [-0.25, -0.2) is 4.98 Å². The highest BCUT2D eigenvalue weighted by Gasteiger charge is 2.18. The van der Waals surface area contributed by atoms with E-state index in [1.54, 1.807) is 10.6 Å². The maximum Gasteiger partial charge on any atom is 0.274 e. The number of pyridine rings is 2. The third-order valence-electron chi connectivity index (χ3n) is 7.29. The number of nitrogens with one attached hydrogen (secondary N) is 1. The van der Waals surface area contributed by atoms with E-state index in [9.17, 15) is 4.79 Å². The van der Waals surface area contributed by atoms with Crippen molar-refractivity contribution in [3.63, 3.8) is 0 Å². The van der Waals surface area contributed by atoms with Crippen LogP contribution in [0.25, 0.3) is 22.6 Å². The Morgan fingerprint density at radius 1 is 1.20 bits per heavy atom. The van der Waals surface area contributed by atoms with Crippen molar-refractivity contribution in [2.24, 2.45) is 0 Å². The lowest BCUT2D eigenvalue weighted by molar-refractivity contribution is -0.155. The van der Waals surface area contributed by atoms with E-state index in [-0.39, 0.29) is 12.2 Å². The topological polar surface area (TPSA) is 95.6 Å². The van der Waals surface area contributed by atoms with Crippen LogP contribution < -0.4 is 5.32 Å². The fraction of sp³-hybridized carbons (Fsp3) is 0.312. The Morgan fingerprint density at radius 2 is 2.10 bits per heavy atom. The van der Waals surface area contributed by atoms with Crippen molar-refractivity contribution in [2.75, 3.05) is 18.5 Å². The Kier molecular flexibility index (Phi) is 7.89. The molecule has 1 unspecified atom stereocenters. The Morgan fingerprint density at radius 3 is 2.93 bits per heavy atom. The minimum absolute atomic E-state index is 0.108. The number of carbonyl (C=O) groups is 1. The SMILES string of the molecule is CCc1nn(Cc2cccc(C)n2)c2cccc(NC(=O)c3cnc4cc(/C=C/COC5CCCCO5)ccn34)c12. The molecule has 1 aromatic carbocycles. The van der Waals surface area contributed by atoms with Crippen LogP contribution in [0.3, 0.4) is 0 Å². The number of aryl methyl sites for hydroxylation is 2. The number of anilines is 1. The molecular formula is C32H34N6O3. The molecule has 0 spiro atoms. The number of benzene rings is 1. The molecule has 9 nitrogen and oxygen atoms in total. The van der Waals surface area contributed by atoms with E-state index < -0.39 is 0 Å². The van der Waals surface area contributed by atoms with Crippen LogP contribution in [0.4, 0.5) is 5.69 Å². The van der Waals surface area contributed by atoms with Crippen molar-refractivity contribution in [3.8, 4) is 0 Å². The summed E-state index contributed by atoms with van der Waals surface area (Å²) < 4.78 is 15.1. The summed E-state index contributed by atoms with van der Waals surface area (Å²) in [5, 5.41) is 8.93. The molecule has 1 aliphatic rings. The van der Waals surface area contributed by atoms with Gasteiger partial charge in [0.25, 0.3) is 5.91 Å². The van der Waals surface area contributed by atoms with E-state index >= 15 is 0 Å². The summed E-state index contributed by atoms with van der Waals surface area (Å²) in [6.45, 7) is 5.87. The van der Waals surface area contributed by atoms with Crippen molar-refractivity contribution < 1.29 is 14.3 Å². The first kappa shape index (κ1) is 26.9. The van der Waals surface area contributed by atoms with Crippen LogP contribution in [-0.4, -0.2) is 49.6 Å². The molecule has 1 N–H and O–H groups in total. The molecule has 6 rings (SSSR count). The summed E-state index contributed by atoms with van der Waals surface area (Å²) >= 11 is 0. The smallest absolute Gasteiger partial charge is 0.274 e. The number of nitrogens with zero attached hydrogens (tertiary/aromatic N) is 5. The third-order valence-corrected chi connectivity index (χ3v) is 7.29. The van der Waals surface area contributed by atoms with Crippen molar-refractivity contribution in [1.29, 1.82) is 0 Å². The number of imidazole rings is 1. The van der Waals surface area contributed by atoms with Gasteiger partial charge >= 0.3 is 0 Å². The molecule has 1 aliphatic heterocycles. The predicted molar refractivity (Wildman–Crippen MR) is 159 cm³/mol. The fourth-order valence-electron chi connectivity index (χ4n) is 5.27. The van der Waals surface area contributed by atoms with E-state index in [2.05, 4.69) is 22.2 Å². The molecule has 9 heteroatoms. The maximum absolute atomic E-state index is 13.5. The first-order valence-electron chi connectivity index (χ1n) is 14.2. The normalized spacial score (nSPS) is 15.7. The zero-order valence-corrected chi connectivity index (χ0v) is 23.4. The van der Waals surface area contributed by atoms with Gasteiger partial charge in [0, 0.05) is 23.9 Å². The standard InChI is InChI=1S/C32H34N6O3/c1-3-25-31-26(12-7-13-27(31)38(36-25)21-24-11-6-9-22(2)34-24)35-32(39)28-20-33-29-19-23(15-16-37(28)29)10-8-18-41-30-14-4-5-17-40-30/h6-13,15-16,19-20,30H,3-5,14,17-18,21H2,1-2H3,(H,35,39)/b10-8+. The highest BCUT2D eigenvalue weighted by Crippen LogP contribution is 2.29. The average Bonchev–Trinajstić information content (AvgIpc) is 3.58. The van der Waals surface area contributed by atoms with Gasteiger partial charge in [0.15, 0.2) is 6.29 Å². The summed E-state index contributed by atoms with van der Waals surface area (Å²) in [5.74, 6) is -0.232. The first-order valence-corrected chi connectivity index (χ1v) is 14.2. The van der Waals surface area contributed by atoms with Crippen LogP contribution in [0, 0.1) is 6.92 Å². The lowest BCUT2D eigenvalue weighted by atomic mass is 10.1. The van der Waals surface area contributed by atoms with Gasteiger partial charge in [-0.05, 0) is 74.6 Å². The van der Waals surface area contributed by atoms with E-state index in [0.29, 0.717) is 24.5 Å². The van der Waals surface area contributed by atoms with Crippen LogP contribution in [0.2, 0.25) is 0 Å². The van der Waals surface area contributed by atoms with E-state index in [1.807, 2.05) is 78.5 Å². The minimum atomic E-state index is -0.232. The summed E-state index contributed by atoms with van der Waals surface area (Å²) in [4.78, 5) is 22.6. The van der Waals surface area contributed by atoms with Crippen molar-refractivity contribution in [3.05, 3.63) is 95.3 Å². The molecule has 0 saturated carbocycles. The quantitative estimate of drug-likeness (QED) is 0.249. The first-order chi connectivity index (χ1) is 20.1. The number of aromatic nitrogens is 5. The molecule has 1 fully saturated rings. The van der Waals surface area contributed by atoms with Gasteiger partial charge < -0.3 is 14.8 Å². The molecule has 1 saturated heterocycles. The molecule has 5 aromatic rings. The van der Waals surface area contributed by atoms with Crippen LogP contribution in [0.5, 0.6) is 0 Å². The number of ether oxygens (including phenoxy) is 2. The molecule has 41 heavy (non-hydrogen) atoms. The number of amides is 1. The van der Waals surface area contributed by atoms with Gasteiger partial charge in [-0.15, -0.1) is 0 Å². The largest absolute Gasteiger partial charge is 0.353 e. The monoisotopic (exact) mass is 550 g/mol. The lowest BCUT2D eigenvalue weighted by Gasteiger charge is -2.21. The highest BCUT2D eigenvalue weighted by molar-refractivity contribution is 6.08. The van der Waals surface area contributed by atoms with Crippen LogP contribution >= 0.6 is 0 Å². The molecule has 4 aromatic heterocycles. The Hall–Kier alpha value is -4.34. The Balaban J connectivity index is 1.19. The summed E-state index contributed by atoms with van der Waals surface area (Å²) in [6.07, 6.45) is 11.3. The Labute approximate surface area is 238 Å². The van der Waals surface area contributed by atoms with E-state index in [0.717, 1.165) is 71.5 Å². The van der Waals surface area contributed by atoms with E-state index in [1.165, 1.54) is 0 Å². The molecule has 1 atom stereocenters. The zero-order valence-electron chi connectivity index (χ0n) is 23.4. The number of fused-ring (bicyclic) bond motifs is 2. The van der Waals surface area contributed by atoms with Crippen molar-refractivity contribution in [1.82, 2.24) is 24.1 Å². The van der Waals surface area contributed by atoms with E-state index in [4.69, 9.17) is 14.6 Å².